The third-order valence-corrected chi connectivity index (χ3v) is 6.38. The normalized spacial score (nSPS) is 13.9. The Morgan fingerprint density at radius 3 is 2.66 bits per heavy atom. The molecule has 4 aromatic rings. The summed E-state index contributed by atoms with van der Waals surface area (Å²) in [6, 6.07) is 16.6. The molecule has 0 aliphatic carbocycles. The van der Waals surface area contributed by atoms with E-state index in [1.807, 2.05) is 48.5 Å². The number of ether oxygens (including phenoxy) is 1. The molecular formula is C26H28N6O3. The first-order valence-electron chi connectivity index (χ1n) is 11.8. The molecule has 1 aliphatic rings. The summed E-state index contributed by atoms with van der Waals surface area (Å²) in [6.07, 6.45) is 2.40. The highest BCUT2D eigenvalue weighted by Gasteiger charge is 2.16. The predicted molar refractivity (Wildman–Crippen MR) is 133 cm³/mol. The number of amides is 1. The van der Waals surface area contributed by atoms with Gasteiger partial charge in [0.25, 0.3) is 11.5 Å². The van der Waals surface area contributed by atoms with Crippen LogP contribution in [-0.2, 0) is 13.1 Å². The first-order chi connectivity index (χ1) is 17.1. The average molecular weight is 473 g/mol. The van der Waals surface area contributed by atoms with E-state index < -0.39 is 0 Å². The molecule has 9 nitrogen and oxygen atoms in total. The van der Waals surface area contributed by atoms with Gasteiger partial charge in [0.2, 0.25) is 0 Å². The Bertz CT molecular complexity index is 1400. The molecule has 180 valence electrons. The minimum Gasteiger partial charge on any atom is -0.497 e. The van der Waals surface area contributed by atoms with E-state index in [0.717, 1.165) is 30.6 Å². The number of rotatable bonds is 8. The third kappa shape index (κ3) is 4.95. The molecule has 0 saturated carbocycles. The van der Waals surface area contributed by atoms with E-state index in [9.17, 15) is 9.59 Å². The summed E-state index contributed by atoms with van der Waals surface area (Å²) in [7, 11) is 1.61. The summed E-state index contributed by atoms with van der Waals surface area (Å²) in [4.78, 5) is 28.2. The van der Waals surface area contributed by atoms with Crippen LogP contribution in [0.4, 0.5) is 0 Å². The zero-order valence-electron chi connectivity index (χ0n) is 19.7. The number of nitrogens with zero attached hydrogens (tertiary/aromatic N) is 4. The van der Waals surface area contributed by atoms with Crippen LogP contribution < -0.4 is 15.6 Å². The molecule has 1 saturated heterocycles. The summed E-state index contributed by atoms with van der Waals surface area (Å²) >= 11 is 0. The van der Waals surface area contributed by atoms with Crippen molar-refractivity contribution in [2.45, 2.75) is 25.9 Å². The van der Waals surface area contributed by atoms with Crippen molar-refractivity contribution in [3.05, 3.63) is 76.3 Å². The van der Waals surface area contributed by atoms with E-state index in [4.69, 9.17) is 4.74 Å². The lowest BCUT2D eigenvalue weighted by molar-refractivity contribution is 0.0945. The van der Waals surface area contributed by atoms with E-state index in [0.29, 0.717) is 34.8 Å². The lowest BCUT2D eigenvalue weighted by atomic mass is 10.1. The molecule has 2 aromatic heterocycles. The van der Waals surface area contributed by atoms with E-state index >= 15 is 0 Å². The Morgan fingerprint density at radius 1 is 1.06 bits per heavy atom. The number of carbonyl (C=O) groups excluding carboxylic acids is 1. The molecule has 3 heterocycles. The largest absolute Gasteiger partial charge is 0.497 e. The van der Waals surface area contributed by atoms with Gasteiger partial charge in [0.1, 0.15) is 11.4 Å². The molecule has 2 aromatic carbocycles. The number of H-pyrrole nitrogens is 1. The van der Waals surface area contributed by atoms with Crippen LogP contribution in [0.15, 0.2) is 59.4 Å². The molecule has 1 fully saturated rings. The average Bonchev–Trinajstić information content (AvgIpc) is 3.60. The maximum Gasteiger partial charge on any atom is 0.274 e. The summed E-state index contributed by atoms with van der Waals surface area (Å²) < 4.78 is 6.79. The molecule has 0 atom stereocenters. The first-order valence-corrected chi connectivity index (χ1v) is 11.8. The first kappa shape index (κ1) is 22.8. The van der Waals surface area contributed by atoms with Crippen LogP contribution in [0.3, 0.4) is 0 Å². The molecule has 0 unspecified atom stereocenters. The van der Waals surface area contributed by atoms with E-state index in [1.165, 1.54) is 17.5 Å². The molecule has 0 spiro atoms. The van der Waals surface area contributed by atoms with Crippen LogP contribution in [0, 0.1) is 0 Å². The molecule has 2 N–H and O–H groups in total. The molecule has 0 radical (unpaired) electrons. The van der Waals surface area contributed by atoms with Gasteiger partial charge in [-0.1, -0.05) is 30.3 Å². The van der Waals surface area contributed by atoms with Crippen molar-refractivity contribution in [3.8, 4) is 17.0 Å². The van der Waals surface area contributed by atoms with E-state index in [-0.39, 0.29) is 18.0 Å². The Hall–Kier alpha value is -3.98. The maximum absolute atomic E-state index is 13.0. The fourth-order valence-electron chi connectivity index (χ4n) is 4.46. The van der Waals surface area contributed by atoms with Gasteiger partial charge >= 0.3 is 0 Å². The number of likely N-dealkylation sites (tertiary alicyclic amines) is 1. The number of aromatic nitrogens is 4. The maximum atomic E-state index is 13.0. The van der Waals surface area contributed by atoms with Crippen LogP contribution in [0.2, 0.25) is 0 Å². The molecule has 1 amide bonds. The molecular weight excluding hydrogens is 444 g/mol. The van der Waals surface area contributed by atoms with Crippen LogP contribution in [0.5, 0.6) is 5.75 Å². The smallest absolute Gasteiger partial charge is 0.274 e. The van der Waals surface area contributed by atoms with Gasteiger partial charge in [-0.2, -0.15) is 10.2 Å². The number of methoxy groups -OCH3 is 1. The van der Waals surface area contributed by atoms with E-state index in [2.05, 4.69) is 25.5 Å². The summed E-state index contributed by atoms with van der Waals surface area (Å²) in [5, 5.41) is 16.0. The number of fused-ring (bicyclic) bond motifs is 1. The lowest BCUT2D eigenvalue weighted by Gasteiger charge is -2.16. The van der Waals surface area contributed by atoms with Gasteiger partial charge in [0, 0.05) is 17.5 Å². The van der Waals surface area contributed by atoms with Crippen molar-refractivity contribution >= 4 is 16.7 Å². The third-order valence-electron chi connectivity index (χ3n) is 6.38. The van der Waals surface area contributed by atoms with Crippen molar-refractivity contribution < 1.29 is 9.53 Å². The minimum absolute atomic E-state index is 0.105. The van der Waals surface area contributed by atoms with Gasteiger partial charge < -0.3 is 15.0 Å². The molecule has 35 heavy (non-hydrogen) atoms. The highest BCUT2D eigenvalue weighted by molar-refractivity contribution is 5.93. The Morgan fingerprint density at radius 2 is 1.86 bits per heavy atom. The zero-order valence-corrected chi connectivity index (χ0v) is 19.7. The van der Waals surface area contributed by atoms with Gasteiger partial charge in [-0.25, -0.2) is 4.68 Å². The minimum atomic E-state index is -0.299. The Balaban J connectivity index is 1.33. The second kappa shape index (κ2) is 10.1. The molecule has 9 heteroatoms. The second-order valence-electron chi connectivity index (χ2n) is 8.65. The van der Waals surface area contributed by atoms with Gasteiger partial charge in [0.15, 0.2) is 0 Å². The number of hydrogen-bond donors (Lipinski definition) is 2. The fourth-order valence-corrected chi connectivity index (χ4v) is 4.46. The van der Waals surface area contributed by atoms with Crippen molar-refractivity contribution in [2.24, 2.45) is 0 Å². The van der Waals surface area contributed by atoms with E-state index in [1.54, 1.807) is 13.2 Å². The summed E-state index contributed by atoms with van der Waals surface area (Å²) in [5.74, 6) is 0.418. The number of benzene rings is 2. The number of nitrogens with one attached hydrogen (secondary N) is 2. The predicted octanol–water partition coefficient (Wildman–Crippen LogP) is 2.82. The summed E-state index contributed by atoms with van der Waals surface area (Å²) in [6.45, 7) is 3.63. The topological polar surface area (TPSA) is 105 Å². The monoisotopic (exact) mass is 472 g/mol. The fraction of sp³-hybridized carbons (Fsp3) is 0.308. The Labute approximate surface area is 202 Å². The van der Waals surface area contributed by atoms with Gasteiger partial charge in [-0.15, -0.1) is 0 Å². The van der Waals surface area contributed by atoms with Crippen LogP contribution in [-0.4, -0.2) is 57.5 Å². The molecule has 0 bridgehead atoms. The quantitative estimate of drug-likeness (QED) is 0.409. The lowest BCUT2D eigenvalue weighted by Crippen LogP contribution is -2.32. The Kier molecular flexibility index (Phi) is 6.58. The van der Waals surface area contributed by atoms with Gasteiger partial charge in [0.05, 0.1) is 37.0 Å². The van der Waals surface area contributed by atoms with Crippen molar-refractivity contribution in [2.75, 3.05) is 26.7 Å². The summed E-state index contributed by atoms with van der Waals surface area (Å²) in [5.41, 5.74) is 2.38. The number of aromatic amines is 1. The highest BCUT2D eigenvalue weighted by Crippen LogP contribution is 2.22. The second-order valence-corrected chi connectivity index (χ2v) is 8.65. The van der Waals surface area contributed by atoms with Gasteiger partial charge in [-0.3, -0.25) is 14.7 Å². The van der Waals surface area contributed by atoms with Crippen LogP contribution in [0.1, 0.15) is 29.0 Å². The van der Waals surface area contributed by atoms with Crippen LogP contribution in [0.25, 0.3) is 22.0 Å². The standard InChI is InChI=1S/C26H28N6O3/c1-35-19-8-6-7-18(15-19)22-16-23(29-28-22)25(33)27-17-24-20-9-2-3-10-21(20)26(34)32(30-24)14-13-31-11-4-5-12-31/h2-3,6-10,15-16H,4-5,11-14,17H2,1H3,(H,27,33)(H,28,29). The SMILES string of the molecule is COc1cccc(-c2cc(C(=O)NCc3nn(CCN4CCCC4)c(=O)c4ccccc34)[nH]n2)c1. The molecule has 5 rings (SSSR count). The van der Waals surface area contributed by atoms with Crippen molar-refractivity contribution in [1.29, 1.82) is 0 Å². The number of carbonyl (C=O) groups is 1. The van der Waals surface area contributed by atoms with Crippen LogP contribution >= 0.6 is 0 Å². The number of hydrogen-bond acceptors (Lipinski definition) is 6. The molecule has 1 aliphatic heterocycles. The van der Waals surface area contributed by atoms with Crippen molar-refractivity contribution in [3.63, 3.8) is 0 Å². The van der Waals surface area contributed by atoms with Gasteiger partial charge in [-0.05, 0) is 50.2 Å². The van der Waals surface area contributed by atoms with Crippen molar-refractivity contribution in [1.82, 2.24) is 30.2 Å². The zero-order chi connectivity index (χ0) is 24.2. The highest BCUT2D eigenvalue weighted by atomic mass is 16.5.